The second-order valence-electron chi connectivity index (χ2n) is 5.93. The van der Waals surface area contributed by atoms with E-state index in [1.54, 1.807) is 48.5 Å². The molecule has 0 fully saturated rings. The fraction of sp³-hybridized carbons (Fsp3) is 0. The van der Waals surface area contributed by atoms with E-state index in [2.05, 4.69) is 10.5 Å². The monoisotopic (exact) mass is 420 g/mol. The number of benzene rings is 3. The van der Waals surface area contributed by atoms with Crippen LogP contribution in [0.25, 0.3) is 0 Å². The van der Waals surface area contributed by atoms with Crippen LogP contribution in [0.3, 0.4) is 0 Å². The second-order valence-corrected chi connectivity index (χ2v) is 6.36. The highest BCUT2D eigenvalue weighted by molar-refractivity contribution is 6.30. The number of non-ortho nitro benzene ring substituents is 1. The number of hydrogen-bond donors (Lipinski definition) is 1. The first-order valence-electron chi connectivity index (χ1n) is 8.51. The summed E-state index contributed by atoms with van der Waals surface area (Å²) in [6.45, 7) is 0. The Morgan fingerprint density at radius 2 is 1.83 bits per heavy atom. The number of carbonyl (C=O) groups excluding carboxylic acids is 1. The number of nitriles is 1. The molecule has 0 saturated carbocycles. The molecule has 9 heteroatoms. The summed E-state index contributed by atoms with van der Waals surface area (Å²) >= 11 is 5.79. The number of nitrogens with one attached hydrogen (secondary N) is 1. The number of halogens is 1. The summed E-state index contributed by atoms with van der Waals surface area (Å²) in [5.74, 6) is 0.271. The number of amides is 1. The molecular weight excluding hydrogens is 408 g/mol. The van der Waals surface area contributed by atoms with Crippen LogP contribution >= 0.6 is 11.6 Å². The van der Waals surface area contributed by atoms with Gasteiger partial charge in [-0.05, 0) is 60.2 Å². The third-order valence-corrected chi connectivity index (χ3v) is 4.14. The standard InChI is InChI=1S/C21H13ClN4O4/c22-17-5-3-15(4-6-17)21(27)25-24-13-14-1-8-19(9-2-14)30-20-10-7-18(26(28)29)11-16(20)12-23/h1-11,13H,(H,25,27)/b24-13-. The van der Waals surface area contributed by atoms with Crippen LogP contribution < -0.4 is 10.2 Å². The lowest BCUT2D eigenvalue weighted by Gasteiger charge is -2.07. The summed E-state index contributed by atoms with van der Waals surface area (Å²) in [4.78, 5) is 22.2. The van der Waals surface area contributed by atoms with E-state index >= 15 is 0 Å². The number of hydrazone groups is 1. The van der Waals surface area contributed by atoms with E-state index < -0.39 is 4.92 Å². The molecule has 0 spiro atoms. The van der Waals surface area contributed by atoms with Crippen molar-refractivity contribution in [1.82, 2.24) is 5.43 Å². The quantitative estimate of drug-likeness (QED) is 0.353. The molecule has 148 valence electrons. The van der Waals surface area contributed by atoms with Gasteiger partial charge in [-0.1, -0.05) is 11.6 Å². The number of nitro groups is 1. The smallest absolute Gasteiger partial charge is 0.271 e. The lowest BCUT2D eigenvalue weighted by Crippen LogP contribution is -2.17. The van der Waals surface area contributed by atoms with Crippen molar-refractivity contribution in [3.8, 4) is 17.6 Å². The number of rotatable bonds is 6. The van der Waals surface area contributed by atoms with E-state index in [4.69, 9.17) is 16.3 Å². The lowest BCUT2D eigenvalue weighted by atomic mass is 10.2. The molecule has 30 heavy (non-hydrogen) atoms. The summed E-state index contributed by atoms with van der Waals surface area (Å²) in [7, 11) is 0. The average Bonchev–Trinajstić information content (AvgIpc) is 2.75. The molecule has 0 saturated heterocycles. The van der Waals surface area contributed by atoms with E-state index in [0.717, 1.165) is 6.07 Å². The van der Waals surface area contributed by atoms with Crippen LogP contribution in [0.5, 0.6) is 11.5 Å². The van der Waals surface area contributed by atoms with Crippen LogP contribution in [0, 0.1) is 21.4 Å². The second kappa shape index (κ2) is 9.32. The lowest BCUT2D eigenvalue weighted by molar-refractivity contribution is -0.384. The molecule has 0 aliphatic carbocycles. The summed E-state index contributed by atoms with van der Waals surface area (Å²) in [6, 6.07) is 18.8. The molecule has 3 aromatic carbocycles. The minimum absolute atomic E-state index is 0.0553. The third kappa shape index (κ3) is 5.19. The van der Waals surface area contributed by atoms with Crippen LogP contribution in [0.15, 0.2) is 71.8 Å². The van der Waals surface area contributed by atoms with Gasteiger partial charge in [0.05, 0.1) is 11.1 Å². The topological polar surface area (TPSA) is 118 Å². The Morgan fingerprint density at radius 3 is 2.47 bits per heavy atom. The van der Waals surface area contributed by atoms with Gasteiger partial charge in [0, 0.05) is 22.7 Å². The highest BCUT2D eigenvalue weighted by Crippen LogP contribution is 2.28. The van der Waals surface area contributed by atoms with E-state index in [-0.39, 0.29) is 22.9 Å². The number of hydrogen-bond acceptors (Lipinski definition) is 6. The Bertz CT molecular complexity index is 1150. The molecule has 0 unspecified atom stereocenters. The number of ether oxygens (including phenoxy) is 1. The zero-order chi connectivity index (χ0) is 21.5. The van der Waals surface area contributed by atoms with Crippen molar-refractivity contribution in [2.45, 2.75) is 0 Å². The van der Waals surface area contributed by atoms with Crippen LogP contribution in [0.4, 0.5) is 5.69 Å². The van der Waals surface area contributed by atoms with Crippen LogP contribution in [0.2, 0.25) is 5.02 Å². The van der Waals surface area contributed by atoms with Crippen LogP contribution in [0.1, 0.15) is 21.5 Å². The van der Waals surface area contributed by atoms with Crippen LogP contribution in [-0.4, -0.2) is 17.0 Å². The molecule has 0 aliphatic rings. The average molecular weight is 421 g/mol. The first-order valence-corrected chi connectivity index (χ1v) is 8.89. The Labute approximate surface area is 176 Å². The Kier molecular flexibility index (Phi) is 6.37. The maximum absolute atomic E-state index is 12.0. The summed E-state index contributed by atoms with van der Waals surface area (Å²) in [6.07, 6.45) is 1.46. The van der Waals surface area contributed by atoms with Gasteiger partial charge in [-0.2, -0.15) is 10.4 Å². The molecule has 0 bridgehead atoms. The first-order chi connectivity index (χ1) is 14.5. The predicted octanol–water partition coefficient (Wildman–Crippen LogP) is 4.68. The predicted molar refractivity (Wildman–Crippen MR) is 111 cm³/mol. The minimum Gasteiger partial charge on any atom is -0.456 e. The summed E-state index contributed by atoms with van der Waals surface area (Å²) < 4.78 is 5.63. The Hall–Kier alpha value is -4.22. The van der Waals surface area contributed by atoms with E-state index in [1.165, 1.54) is 18.3 Å². The number of carbonyl (C=O) groups is 1. The first kappa shape index (κ1) is 20.5. The molecule has 1 N–H and O–H groups in total. The van der Waals surface area contributed by atoms with Crippen molar-refractivity contribution < 1.29 is 14.5 Å². The summed E-state index contributed by atoms with van der Waals surface area (Å²) in [5, 5.41) is 24.4. The van der Waals surface area contributed by atoms with Gasteiger partial charge in [0.15, 0.2) is 0 Å². The summed E-state index contributed by atoms with van der Waals surface area (Å²) in [5.41, 5.74) is 3.41. The van der Waals surface area contributed by atoms with Crippen molar-refractivity contribution in [3.05, 3.63) is 98.6 Å². The molecule has 3 aromatic rings. The largest absolute Gasteiger partial charge is 0.456 e. The molecular formula is C21H13ClN4O4. The SMILES string of the molecule is N#Cc1cc([N+](=O)[O-])ccc1Oc1ccc(/C=N\NC(=O)c2ccc(Cl)cc2)cc1. The molecule has 0 atom stereocenters. The molecule has 1 amide bonds. The van der Waals surface area contributed by atoms with Crippen molar-refractivity contribution in [2.75, 3.05) is 0 Å². The molecule has 0 radical (unpaired) electrons. The molecule has 8 nitrogen and oxygen atoms in total. The van der Waals surface area contributed by atoms with Gasteiger partial charge in [0.25, 0.3) is 11.6 Å². The van der Waals surface area contributed by atoms with Gasteiger partial charge in [0.2, 0.25) is 0 Å². The van der Waals surface area contributed by atoms with Crippen molar-refractivity contribution in [1.29, 1.82) is 5.26 Å². The van der Waals surface area contributed by atoms with Crippen molar-refractivity contribution in [3.63, 3.8) is 0 Å². The third-order valence-electron chi connectivity index (χ3n) is 3.89. The van der Waals surface area contributed by atoms with Gasteiger partial charge < -0.3 is 4.74 Å². The van der Waals surface area contributed by atoms with Gasteiger partial charge >= 0.3 is 0 Å². The highest BCUT2D eigenvalue weighted by Gasteiger charge is 2.12. The maximum Gasteiger partial charge on any atom is 0.271 e. The fourth-order valence-corrected chi connectivity index (χ4v) is 2.51. The minimum atomic E-state index is -0.579. The molecule has 0 heterocycles. The fourth-order valence-electron chi connectivity index (χ4n) is 2.39. The number of nitro benzene ring substituents is 1. The molecule has 3 rings (SSSR count). The maximum atomic E-state index is 12.0. The molecule has 0 aromatic heterocycles. The van der Waals surface area contributed by atoms with Gasteiger partial charge in [0.1, 0.15) is 23.1 Å². The Morgan fingerprint density at radius 1 is 1.13 bits per heavy atom. The van der Waals surface area contributed by atoms with Gasteiger partial charge in [-0.3, -0.25) is 14.9 Å². The Balaban J connectivity index is 1.63. The van der Waals surface area contributed by atoms with Gasteiger partial charge in [-0.25, -0.2) is 5.43 Å². The van der Waals surface area contributed by atoms with E-state index in [9.17, 15) is 20.2 Å². The molecule has 0 aliphatic heterocycles. The highest BCUT2D eigenvalue weighted by atomic mass is 35.5. The van der Waals surface area contributed by atoms with Crippen LogP contribution in [-0.2, 0) is 0 Å². The number of nitrogens with zero attached hydrogens (tertiary/aromatic N) is 3. The zero-order valence-corrected chi connectivity index (χ0v) is 16.0. The van der Waals surface area contributed by atoms with E-state index in [0.29, 0.717) is 21.9 Å². The van der Waals surface area contributed by atoms with Gasteiger partial charge in [-0.15, -0.1) is 0 Å². The zero-order valence-electron chi connectivity index (χ0n) is 15.3. The normalized spacial score (nSPS) is 10.4. The van der Waals surface area contributed by atoms with Crippen molar-refractivity contribution in [2.24, 2.45) is 5.10 Å². The van der Waals surface area contributed by atoms with Crippen molar-refractivity contribution >= 4 is 29.4 Å². The van der Waals surface area contributed by atoms with E-state index in [1.807, 2.05) is 6.07 Å².